The normalized spacial score (nSPS) is 13.3. The molecule has 11 heavy (non-hydrogen) atoms. The fourth-order valence-corrected chi connectivity index (χ4v) is 1.01. The first-order valence-electron chi connectivity index (χ1n) is 4.18. The Morgan fingerprint density at radius 2 is 2.45 bits per heavy atom. The second kappa shape index (κ2) is 4.22. The smallest absolute Gasteiger partial charge is 0.103 e. The van der Waals surface area contributed by atoms with E-state index in [1.54, 1.807) is 6.26 Å². The van der Waals surface area contributed by atoms with Gasteiger partial charge in [-0.25, -0.2) is 0 Å². The number of hydrogen-bond acceptors (Lipinski definition) is 1. The van der Waals surface area contributed by atoms with E-state index in [1.165, 1.54) is 0 Å². The van der Waals surface area contributed by atoms with Crippen LogP contribution in [0.15, 0.2) is 22.8 Å². The molecule has 0 aliphatic carbocycles. The van der Waals surface area contributed by atoms with Gasteiger partial charge in [0.1, 0.15) is 5.76 Å². The molecule has 1 unspecified atom stereocenters. The molecule has 0 N–H and O–H groups in total. The van der Waals surface area contributed by atoms with Gasteiger partial charge in [0.2, 0.25) is 0 Å². The quantitative estimate of drug-likeness (QED) is 0.644. The molecule has 1 nitrogen and oxygen atoms in total. The highest BCUT2D eigenvalue weighted by molar-refractivity contribution is 4.98. The zero-order valence-corrected chi connectivity index (χ0v) is 7.05. The second-order valence-electron chi connectivity index (χ2n) is 2.89. The van der Waals surface area contributed by atoms with Crippen molar-refractivity contribution in [3.8, 4) is 0 Å². The zero-order valence-electron chi connectivity index (χ0n) is 7.05. The van der Waals surface area contributed by atoms with Crippen LogP contribution in [-0.4, -0.2) is 0 Å². The van der Waals surface area contributed by atoms with E-state index in [0.29, 0.717) is 5.92 Å². The van der Waals surface area contributed by atoms with Gasteiger partial charge in [-0.2, -0.15) is 0 Å². The first kappa shape index (κ1) is 8.38. The van der Waals surface area contributed by atoms with Crippen molar-refractivity contribution in [3.63, 3.8) is 0 Å². The van der Waals surface area contributed by atoms with E-state index < -0.39 is 0 Å². The van der Waals surface area contributed by atoms with Gasteiger partial charge in [-0.15, -0.1) is 0 Å². The molecule has 0 aliphatic rings. The summed E-state index contributed by atoms with van der Waals surface area (Å²) in [5.74, 6) is 1.65. The van der Waals surface area contributed by atoms with E-state index in [9.17, 15) is 0 Å². The molecule has 1 radical (unpaired) electrons. The predicted octanol–water partition coefficient (Wildman–Crippen LogP) is 3.07. The van der Waals surface area contributed by atoms with Crippen LogP contribution in [0.5, 0.6) is 0 Å². The molecule has 61 valence electrons. The lowest BCUT2D eigenvalue weighted by molar-refractivity contribution is 0.472. The van der Waals surface area contributed by atoms with E-state index in [-0.39, 0.29) is 0 Å². The van der Waals surface area contributed by atoms with Gasteiger partial charge in [-0.1, -0.05) is 20.3 Å². The molecular formula is C10H15O. The van der Waals surface area contributed by atoms with E-state index >= 15 is 0 Å². The summed E-state index contributed by atoms with van der Waals surface area (Å²) in [6.45, 7) is 6.18. The Balaban J connectivity index is 2.23. The van der Waals surface area contributed by atoms with Crippen LogP contribution in [0.1, 0.15) is 25.5 Å². The van der Waals surface area contributed by atoms with Crippen LogP contribution in [0.2, 0.25) is 0 Å². The Bertz CT molecular complexity index is 177. The third kappa shape index (κ3) is 2.79. The SMILES string of the molecule is [CH2]C(CC)CCc1ccco1. The maximum Gasteiger partial charge on any atom is 0.103 e. The number of hydrogen-bond donors (Lipinski definition) is 0. The topological polar surface area (TPSA) is 13.1 Å². The summed E-state index contributed by atoms with van der Waals surface area (Å²) in [6, 6.07) is 3.95. The Kier molecular flexibility index (Phi) is 3.21. The largest absolute Gasteiger partial charge is 0.469 e. The average Bonchev–Trinajstić information content (AvgIpc) is 2.52. The van der Waals surface area contributed by atoms with Gasteiger partial charge in [0.05, 0.1) is 6.26 Å². The molecule has 1 heterocycles. The van der Waals surface area contributed by atoms with Crippen molar-refractivity contribution in [3.05, 3.63) is 31.1 Å². The molecule has 0 saturated heterocycles. The molecule has 0 bridgehead atoms. The third-order valence-corrected chi connectivity index (χ3v) is 1.96. The Labute approximate surface area is 68.4 Å². The minimum atomic E-state index is 0.570. The molecule has 1 aromatic heterocycles. The summed E-state index contributed by atoms with van der Waals surface area (Å²) in [4.78, 5) is 0. The summed E-state index contributed by atoms with van der Waals surface area (Å²) >= 11 is 0. The standard InChI is InChI=1S/C10H15O/c1-3-9(2)6-7-10-5-4-8-11-10/h4-5,8-9H,2-3,6-7H2,1H3. The number of furan rings is 1. The lowest BCUT2D eigenvalue weighted by Crippen LogP contribution is -1.94. The Morgan fingerprint density at radius 3 is 3.00 bits per heavy atom. The van der Waals surface area contributed by atoms with Gasteiger partial charge in [0.25, 0.3) is 0 Å². The summed E-state index contributed by atoms with van der Waals surface area (Å²) in [7, 11) is 0. The fraction of sp³-hybridized carbons (Fsp3) is 0.500. The Morgan fingerprint density at radius 1 is 1.64 bits per heavy atom. The van der Waals surface area contributed by atoms with Gasteiger partial charge in [-0.05, 0) is 24.5 Å². The van der Waals surface area contributed by atoms with Crippen LogP contribution in [0.4, 0.5) is 0 Å². The van der Waals surface area contributed by atoms with Crippen molar-refractivity contribution in [2.24, 2.45) is 5.92 Å². The highest BCUT2D eigenvalue weighted by Gasteiger charge is 2.00. The average molecular weight is 151 g/mol. The molecule has 1 aromatic rings. The van der Waals surface area contributed by atoms with Crippen molar-refractivity contribution in [1.29, 1.82) is 0 Å². The molecule has 1 rings (SSSR count). The summed E-state index contributed by atoms with van der Waals surface area (Å²) in [5, 5.41) is 0. The van der Waals surface area contributed by atoms with Crippen LogP contribution in [0.25, 0.3) is 0 Å². The predicted molar refractivity (Wildman–Crippen MR) is 46.2 cm³/mol. The van der Waals surface area contributed by atoms with Crippen molar-refractivity contribution < 1.29 is 4.42 Å². The van der Waals surface area contributed by atoms with Gasteiger partial charge >= 0.3 is 0 Å². The molecule has 0 aromatic carbocycles. The number of aryl methyl sites for hydroxylation is 1. The van der Waals surface area contributed by atoms with Crippen molar-refractivity contribution in [1.82, 2.24) is 0 Å². The highest BCUT2D eigenvalue weighted by atomic mass is 16.3. The van der Waals surface area contributed by atoms with E-state index in [0.717, 1.165) is 25.0 Å². The van der Waals surface area contributed by atoms with Crippen LogP contribution in [-0.2, 0) is 6.42 Å². The third-order valence-electron chi connectivity index (χ3n) is 1.96. The first-order chi connectivity index (χ1) is 5.33. The van der Waals surface area contributed by atoms with Crippen LogP contribution >= 0.6 is 0 Å². The van der Waals surface area contributed by atoms with Crippen molar-refractivity contribution >= 4 is 0 Å². The molecule has 0 saturated carbocycles. The van der Waals surface area contributed by atoms with E-state index in [4.69, 9.17) is 4.42 Å². The fourth-order valence-electron chi connectivity index (χ4n) is 1.01. The molecule has 1 heteroatoms. The highest BCUT2D eigenvalue weighted by Crippen LogP contribution is 2.11. The monoisotopic (exact) mass is 151 g/mol. The van der Waals surface area contributed by atoms with Crippen LogP contribution in [0, 0.1) is 12.8 Å². The Hall–Kier alpha value is -0.720. The molecule has 0 fully saturated rings. The van der Waals surface area contributed by atoms with Gasteiger partial charge in [0.15, 0.2) is 0 Å². The molecule has 0 aliphatic heterocycles. The summed E-state index contributed by atoms with van der Waals surface area (Å²) in [6.07, 6.45) is 5.03. The van der Waals surface area contributed by atoms with Crippen molar-refractivity contribution in [2.75, 3.05) is 0 Å². The van der Waals surface area contributed by atoms with Crippen LogP contribution < -0.4 is 0 Å². The zero-order chi connectivity index (χ0) is 8.10. The van der Waals surface area contributed by atoms with Gasteiger partial charge in [-0.3, -0.25) is 0 Å². The number of rotatable bonds is 4. The lowest BCUT2D eigenvalue weighted by atomic mass is 10.0. The maximum absolute atomic E-state index is 5.20. The van der Waals surface area contributed by atoms with E-state index in [2.05, 4.69) is 13.8 Å². The molecule has 0 amide bonds. The summed E-state index contributed by atoms with van der Waals surface area (Å²) in [5.41, 5.74) is 0. The minimum absolute atomic E-state index is 0.570. The van der Waals surface area contributed by atoms with Crippen molar-refractivity contribution in [2.45, 2.75) is 26.2 Å². The van der Waals surface area contributed by atoms with Crippen LogP contribution in [0.3, 0.4) is 0 Å². The lowest BCUT2D eigenvalue weighted by Gasteiger charge is -2.04. The summed E-state index contributed by atoms with van der Waals surface area (Å²) < 4.78 is 5.20. The molecule has 1 atom stereocenters. The van der Waals surface area contributed by atoms with Gasteiger partial charge < -0.3 is 4.42 Å². The van der Waals surface area contributed by atoms with E-state index in [1.807, 2.05) is 12.1 Å². The van der Waals surface area contributed by atoms with Gasteiger partial charge in [0, 0.05) is 6.42 Å². The molecular weight excluding hydrogens is 136 g/mol. The first-order valence-corrected chi connectivity index (χ1v) is 4.18. The maximum atomic E-state index is 5.20. The second-order valence-corrected chi connectivity index (χ2v) is 2.89. The minimum Gasteiger partial charge on any atom is -0.469 e. The molecule has 0 spiro atoms.